The van der Waals surface area contributed by atoms with Gasteiger partial charge >= 0.3 is 0 Å². The molecule has 1 aromatic carbocycles. The first-order valence-corrected chi connectivity index (χ1v) is 7.16. The van der Waals surface area contributed by atoms with E-state index in [0.717, 1.165) is 44.6 Å². The summed E-state index contributed by atoms with van der Waals surface area (Å²) in [5.41, 5.74) is 10.7. The van der Waals surface area contributed by atoms with Crippen molar-refractivity contribution in [2.75, 3.05) is 26.7 Å². The molecule has 0 heterocycles. The fraction of sp³-hybridized carbons (Fsp3) is 0.625. The first-order chi connectivity index (χ1) is 9.11. The van der Waals surface area contributed by atoms with Crippen molar-refractivity contribution in [3.05, 3.63) is 28.3 Å². The molecule has 0 unspecified atom stereocenters. The number of benzene rings is 1. The number of ether oxygens (including phenoxy) is 1. The maximum absolute atomic E-state index is 5.48. The minimum Gasteiger partial charge on any atom is -0.496 e. The molecule has 0 amide bonds. The average Bonchev–Trinajstić information content (AvgIpc) is 2.39. The molecular formula is C16H28N2O. The molecule has 0 spiro atoms. The van der Waals surface area contributed by atoms with Crippen molar-refractivity contribution in [1.82, 2.24) is 5.32 Å². The van der Waals surface area contributed by atoms with Crippen molar-refractivity contribution in [2.45, 2.75) is 40.0 Å². The molecule has 19 heavy (non-hydrogen) atoms. The zero-order valence-corrected chi connectivity index (χ0v) is 12.8. The van der Waals surface area contributed by atoms with Crippen LogP contribution in [0.15, 0.2) is 6.07 Å². The SMILES string of the molecule is COc1c(C)cc(CCNCCCCN)c(C)c1C. The molecule has 0 aliphatic heterocycles. The molecular weight excluding hydrogens is 236 g/mol. The third kappa shape index (κ3) is 4.51. The number of methoxy groups -OCH3 is 1. The van der Waals surface area contributed by atoms with Gasteiger partial charge in [0.25, 0.3) is 0 Å². The second-order valence-corrected chi connectivity index (χ2v) is 5.13. The van der Waals surface area contributed by atoms with Gasteiger partial charge in [0.05, 0.1) is 7.11 Å². The second-order valence-electron chi connectivity index (χ2n) is 5.13. The largest absolute Gasteiger partial charge is 0.496 e. The predicted octanol–water partition coefficient (Wildman–Crippen LogP) is 2.49. The lowest BCUT2D eigenvalue weighted by Crippen LogP contribution is -2.19. The van der Waals surface area contributed by atoms with Crippen molar-refractivity contribution < 1.29 is 4.74 Å². The molecule has 1 rings (SSSR count). The molecule has 0 saturated carbocycles. The molecule has 0 bridgehead atoms. The van der Waals surface area contributed by atoms with Crippen molar-refractivity contribution >= 4 is 0 Å². The first kappa shape index (κ1) is 16.0. The average molecular weight is 264 g/mol. The van der Waals surface area contributed by atoms with Gasteiger partial charge in [-0.2, -0.15) is 0 Å². The summed E-state index contributed by atoms with van der Waals surface area (Å²) in [6.07, 6.45) is 3.34. The van der Waals surface area contributed by atoms with Gasteiger partial charge in [0.15, 0.2) is 0 Å². The third-order valence-corrected chi connectivity index (χ3v) is 3.72. The monoisotopic (exact) mass is 264 g/mol. The van der Waals surface area contributed by atoms with E-state index < -0.39 is 0 Å². The smallest absolute Gasteiger partial charge is 0.124 e. The van der Waals surface area contributed by atoms with Crippen LogP contribution < -0.4 is 15.8 Å². The topological polar surface area (TPSA) is 47.3 Å². The van der Waals surface area contributed by atoms with Crippen LogP contribution in [-0.2, 0) is 6.42 Å². The molecule has 3 heteroatoms. The van der Waals surface area contributed by atoms with Crippen molar-refractivity contribution in [3.63, 3.8) is 0 Å². The molecule has 3 N–H and O–H groups in total. The Labute approximate surface area is 117 Å². The Morgan fingerprint density at radius 3 is 2.47 bits per heavy atom. The van der Waals surface area contributed by atoms with Crippen LogP contribution in [0.5, 0.6) is 5.75 Å². The predicted molar refractivity (Wildman–Crippen MR) is 82.1 cm³/mol. The standard InChI is InChI=1S/C16H28N2O/c1-12-11-15(7-10-18-9-6-5-8-17)13(2)14(3)16(12)19-4/h11,18H,5-10,17H2,1-4H3. The highest BCUT2D eigenvalue weighted by molar-refractivity contribution is 5.49. The fourth-order valence-electron chi connectivity index (χ4n) is 2.46. The minimum atomic E-state index is 0.789. The van der Waals surface area contributed by atoms with E-state index in [1.807, 2.05) is 0 Å². The van der Waals surface area contributed by atoms with E-state index in [2.05, 4.69) is 32.2 Å². The highest BCUT2D eigenvalue weighted by Gasteiger charge is 2.10. The number of hydrogen-bond acceptors (Lipinski definition) is 3. The van der Waals surface area contributed by atoms with Crippen molar-refractivity contribution in [2.24, 2.45) is 5.73 Å². The summed E-state index contributed by atoms with van der Waals surface area (Å²) in [6, 6.07) is 2.25. The van der Waals surface area contributed by atoms with Crippen LogP contribution in [0.4, 0.5) is 0 Å². The summed E-state index contributed by atoms with van der Waals surface area (Å²) < 4.78 is 5.45. The quantitative estimate of drug-likeness (QED) is 0.709. The van der Waals surface area contributed by atoms with Crippen molar-refractivity contribution in [1.29, 1.82) is 0 Å². The van der Waals surface area contributed by atoms with E-state index in [4.69, 9.17) is 10.5 Å². The van der Waals surface area contributed by atoms with Gasteiger partial charge in [-0.05, 0) is 81.9 Å². The molecule has 3 nitrogen and oxygen atoms in total. The lowest BCUT2D eigenvalue weighted by Gasteiger charge is -2.16. The second kappa shape index (κ2) is 8.18. The zero-order chi connectivity index (χ0) is 14.3. The lowest BCUT2D eigenvalue weighted by molar-refractivity contribution is 0.408. The molecule has 0 aromatic heterocycles. The first-order valence-electron chi connectivity index (χ1n) is 7.16. The summed E-state index contributed by atoms with van der Waals surface area (Å²) in [6.45, 7) is 9.31. The summed E-state index contributed by atoms with van der Waals surface area (Å²) >= 11 is 0. The highest BCUT2D eigenvalue weighted by Crippen LogP contribution is 2.28. The van der Waals surface area contributed by atoms with Gasteiger partial charge in [0, 0.05) is 0 Å². The van der Waals surface area contributed by atoms with Crippen molar-refractivity contribution in [3.8, 4) is 5.75 Å². The van der Waals surface area contributed by atoms with Gasteiger partial charge in [-0.1, -0.05) is 6.07 Å². The molecule has 0 saturated heterocycles. The fourth-order valence-corrected chi connectivity index (χ4v) is 2.46. The van der Waals surface area contributed by atoms with Gasteiger partial charge in [0.2, 0.25) is 0 Å². The van der Waals surface area contributed by atoms with E-state index in [1.165, 1.54) is 22.3 Å². The Balaban J connectivity index is 2.55. The Morgan fingerprint density at radius 2 is 1.84 bits per heavy atom. The maximum atomic E-state index is 5.48. The maximum Gasteiger partial charge on any atom is 0.124 e. The number of aryl methyl sites for hydroxylation is 1. The van der Waals surface area contributed by atoms with Gasteiger partial charge < -0.3 is 15.8 Å². The molecule has 0 atom stereocenters. The van der Waals surface area contributed by atoms with E-state index in [1.54, 1.807) is 7.11 Å². The molecule has 0 radical (unpaired) electrons. The van der Waals surface area contributed by atoms with Crippen LogP contribution in [0.1, 0.15) is 35.1 Å². The molecule has 0 fully saturated rings. The van der Waals surface area contributed by atoms with E-state index in [9.17, 15) is 0 Å². The van der Waals surface area contributed by atoms with Gasteiger partial charge in [0.1, 0.15) is 5.75 Å². The number of nitrogens with two attached hydrogens (primary N) is 1. The number of hydrogen-bond donors (Lipinski definition) is 2. The normalized spacial score (nSPS) is 10.8. The molecule has 0 aliphatic rings. The minimum absolute atomic E-state index is 0.789. The molecule has 108 valence electrons. The van der Waals surface area contributed by atoms with Crippen LogP contribution in [0.3, 0.4) is 0 Å². The Kier molecular flexibility index (Phi) is 6.89. The summed E-state index contributed by atoms with van der Waals surface area (Å²) in [5.74, 6) is 1.03. The lowest BCUT2D eigenvalue weighted by atomic mass is 9.96. The summed E-state index contributed by atoms with van der Waals surface area (Å²) in [5, 5.41) is 3.48. The van der Waals surface area contributed by atoms with Gasteiger partial charge in [-0.25, -0.2) is 0 Å². The van der Waals surface area contributed by atoms with Crippen LogP contribution in [0.2, 0.25) is 0 Å². The van der Waals surface area contributed by atoms with E-state index in [0.29, 0.717) is 0 Å². The summed E-state index contributed by atoms with van der Waals surface area (Å²) in [7, 11) is 1.74. The number of unbranched alkanes of at least 4 members (excludes halogenated alkanes) is 1. The van der Waals surface area contributed by atoms with Crippen LogP contribution in [0.25, 0.3) is 0 Å². The van der Waals surface area contributed by atoms with Crippen LogP contribution in [-0.4, -0.2) is 26.7 Å². The van der Waals surface area contributed by atoms with E-state index in [-0.39, 0.29) is 0 Å². The zero-order valence-electron chi connectivity index (χ0n) is 12.8. The molecule has 0 aliphatic carbocycles. The van der Waals surface area contributed by atoms with E-state index >= 15 is 0 Å². The Hall–Kier alpha value is -1.06. The summed E-state index contributed by atoms with van der Waals surface area (Å²) in [4.78, 5) is 0. The van der Waals surface area contributed by atoms with Gasteiger partial charge in [-0.15, -0.1) is 0 Å². The van der Waals surface area contributed by atoms with Crippen LogP contribution >= 0.6 is 0 Å². The molecule has 1 aromatic rings. The highest BCUT2D eigenvalue weighted by atomic mass is 16.5. The Bertz CT molecular complexity index is 402. The van der Waals surface area contributed by atoms with Crippen LogP contribution in [0, 0.1) is 20.8 Å². The third-order valence-electron chi connectivity index (χ3n) is 3.72. The van der Waals surface area contributed by atoms with Gasteiger partial charge in [-0.3, -0.25) is 0 Å². The number of rotatable bonds is 8. The Morgan fingerprint density at radius 1 is 1.11 bits per heavy atom. The number of nitrogens with one attached hydrogen (secondary N) is 1.